The summed E-state index contributed by atoms with van der Waals surface area (Å²) < 4.78 is 1.82. The topological polar surface area (TPSA) is 34.9 Å². The maximum atomic E-state index is 12.6. The van der Waals surface area contributed by atoms with Gasteiger partial charge in [-0.25, -0.2) is 0 Å². The van der Waals surface area contributed by atoms with E-state index in [0.29, 0.717) is 7.96 Å². The fraction of sp³-hybridized carbons (Fsp3) is 0.333. The molecule has 102 valence electrons. The van der Waals surface area contributed by atoms with Gasteiger partial charge in [0.1, 0.15) is 0 Å². The Labute approximate surface area is 120 Å². The summed E-state index contributed by atoms with van der Waals surface area (Å²) >= 11 is 0. The van der Waals surface area contributed by atoms with Crippen molar-refractivity contribution in [3.05, 3.63) is 34.9 Å². The summed E-state index contributed by atoms with van der Waals surface area (Å²) in [7, 11) is 5.87. The van der Waals surface area contributed by atoms with Crippen LogP contribution in [0.3, 0.4) is 0 Å². The number of fused-ring (bicyclic) bond motifs is 1. The molecule has 4 unspecified atom stereocenters. The van der Waals surface area contributed by atoms with Crippen molar-refractivity contribution in [3.63, 3.8) is 0 Å². The molecule has 0 radical (unpaired) electrons. The number of rotatable bonds is 5. The van der Waals surface area contributed by atoms with Crippen molar-refractivity contribution in [1.82, 2.24) is 9.55 Å². The highest BCUT2D eigenvalue weighted by atomic mass is 32.6. The predicted molar refractivity (Wildman–Crippen MR) is 95.2 cm³/mol. The van der Waals surface area contributed by atoms with Gasteiger partial charge in [-0.1, -0.05) is 21.3 Å². The lowest BCUT2D eigenvalue weighted by Crippen LogP contribution is -2.24. The average Bonchev–Trinajstić information content (AvgIpc) is 2.45. The van der Waals surface area contributed by atoms with Crippen LogP contribution in [0.2, 0.25) is 0 Å². The molecule has 0 saturated heterocycles. The van der Waals surface area contributed by atoms with Crippen molar-refractivity contribution in [1.29, 1.82) is 0 Å². The van der Waals surface area contributed by atoms with Crippen LogP contribution in [0.5, 0.6) is 0 Å². The van der Waals surface area contributed by atoms with Crippen molar-refractivity contribution in [3.8, 4) is 0 Å². The number of aryl methyl sites for hydroxylation is 1. The summed E-state index contributed by atoms with van der Waals surface area (Å²) in [5.41, 5.74) is 1.06. The van der Waals surface area contributed by atoms with Crippen LogP contribution in [-0.2, 0) is 6.54 Å². The van der Waals surface area contributed by atoms with Gasteiger partial charge in [-0.3, -0.25) is 9.78 Å². The number of hydrogen-bond acceptors (Lipinski definition) is 2. The number of unbranched alkanes of at least 4 members (excludes halogenated alkanes) is 1. The molecule has 7 heteroatoms. The Kier molecular flexibility index (Phi) is 5.86. The van der Waals surface area contributed by atoms with Gasteiger partial charge in [-0.05, 0) is 31.2 Å². The molecule has 0 bridgehead atoms. The summed E-state index contributed by atoms with van der Waals surface area (Å²) in [5, 5.41) is 1.80. The first-order valence-electron chi connectivity index (χ1n) is 6.18. The molecule has 19 heavy (non-hydrogen) atoms. The van der Waals surface area contributed by atoms with E-state index in [1.807, 2.05) is 22.9 Å². The molecule has 0 spiro atoms. The van der Waals surface area contributed by atoms with E-state index in [0.717, 1.165) is 35.6 Å². The molecule has 0 saturated carbocycles. The second-order valence-electron chi connectivity index (χ2n) is 4.27. The van der Waals surface area contributed by atoms with Gasteiger partial charge >= 0.3 is 0 Å². The van der Waals surface area contributed by atoms with Gasteiger partial charge in [0, 0.05) is 18.9 Å². The Hall–Kier alpha value is 0.0800. The van der Waals surface area contributed by atoms with Gasteiger partial charge in [0.2, 0.25) is 0 Å². The van der Waals surface area contributed by atoms with E-state index in [1.54, 1.807) is 6.20 Å². The molecule has 4 atom stereocenters. The third-order valence-electron chi connectivity index (χ3n) is 2.99. The summed E-state index contributed by atoms with van der Waals surface area (Å²) in [6, 6.07) is 3.95. The molecule has 0 aliphatic heterocycles. The highest BCUT2D eigenvalue weighted by Crippen LogP contribution is 2.64. The first kappa shape index (κ1) is 15.5. The van der Waals surface area contributed by atoms with E-state index in [-0.39, 0.29) is 5.56 Å². The Morgan fingerprint density at radius 2 is 2.26 bits per heavy atom. The molecule has 0 N–H and O–H groups in total. The van der Waals surface area contributed by atoms with Gasteiger partial charge in [-0.15, -0.1) is 17.9 Å². The second kappa shape index (κ2) is 7.19. The molecule has 2 heterocycles. The van der Waals surface area contributed by atoms with Crippen molar-refractivity contribution in [2.24, 2.45) is 0 Å². The number of hydrogen-bond donors (Lipinski definition) is 0. The molecule has 0 aliphatic rings. The minimum Gasteiger partial charge on any atom is -0.315 e. The average molecular weight is 330 g/mol. The minimum absolute atomic E-state index is 0.104. The highest BCUT2D eigenvalue weighted by molar-refractivity contribution is 8.63. The Morgan fingerprint density at radius 1 is 1.47 bits per heavy atom. The Balaban J connectivity index is 2.61. The number of pyridine rings is 2. The monoisotopic (exact) mass is 330 g/mol. The third kappa shape index (κ3) is 3.40. The Morgan fingerprint density at radius 3 is 2.95 bits per heavy atom. The molecule has 0 aliphatic carbocycles. The molecular formula is C12H18N2OP4. The van der Waals surface area contributed by atoms with Crippen LogP contribution in [-0.4, -0.2) is 9.55 Å². The maximum absolute atomic E-state index is 12.6. The molecule has 2 rings (SSSR count). The molecule has 2 aromatic rings. The van der Waals surface area contributed by atoms with Crippen LogP contribution < -0.4 is 11.0 Å². The van der Waals surface area contributed by atoms with Gasteiger partial charge < -0.3 is 4.57 Å². The van der Waals surface area contributed by atoms with E-state index >= 15 is 0 Å². The summed E-state index contributed by atoms with van der Waals surface area (Å²) in [4.78, 5) is 17.0. The van der Waals surface area contributed by atoms with Gasteiger partial charge in [-0.2, -0.15) is 0 Å². The Bertz CT molecular complexity index is 629. The van der Waals surface area contributed by atoms with Crippen molar-refractivity contribution < 1.29 is 0 Å². The first-order valence-corrected chi connectivity index (χ1v) is 12.8. The van der Waals surface area contributed by atoms with E-state index < -0.39 is 7.30 Å². The lowest BCUT2D eigenvalue weighted by molar-refractivity contribution is 0.617. The van der Waals surface area contributed by atoms with E-state index in [1.165, 1.54) is 0 Å². The quantitative estimate of drug-likeness (QED) is 0.787. The lowest BCUT2D eigenvalue weighted by Gasteiger charge is -2.12. The van der Waals surface area contributed by atoms with Crippen LogP contribution >= 0.6 is 33.1 Å². The van der Waals surface area contributed by atoms with Crippen molar-refractivity contribution in [2.75, 3.05) is 0 Å². The predicted octanol–water partition coefficient (Wildman–Crippen LogP) is 3.48. The number of nitrogens with zero attached hydrogens (tertiary/aromatic N) is 2. The highest BCUT2D eigenvalue weighted by Gasteiger charge is 2.13. The van der Waals surface area contributed by atoms with Gasteiger partial charge in [0.05, 0.1) is 10.8 Å². The number of aromatic nitrogens is 2. The van der Waals surface area contributed by atoms with E-state index in [9.17, 15) is 4.79 Å². The van der Waals surface area contributed by atoms with Gasteiger partial charge in [0.25, 0.3) is 5.56 Å². The zero-order valence-electron chi connectivity index (χ0n) is 10.8. The first-order chi connectivity index (χ1) is 9.19. The smallest absolute Gasteiger partial charge is 0.260 e. The summed E-state index contributed by atoms with van der Waals surface area (Å²) in [5.74, 6) is 0. The van der Waals surface area contributed by atoms with Crippen LogP contribution in [0, 0.1) is 0 Å². The largest absolute Gasteiger partial charge is 0.315 e. The normalized spacial score (nSPS) is 13.4. The van der Waals surface area contributed by atoms with E-state index in [4.69, 9.17) is 0 Å². The summed E-state index contributed by atoms with van der Waals surface area (Å²) in [6.45, 7) is 2.92. The molecular weight excluding hydrogens is 312 g/mol. The fourth-order valence-electron chi connectivity index (χ4n) is 1.95. The van der Waals surface area contributed by atoms with Crippen LogP contribution in [0.15, 0.2) is 29.3 Å². The van der Waals surface area contributed by atoms with Crippen LogP contribution in [0.25, 0.3) is 10.8 Å². The second-order valence-corrected chi connectivity index (χ2v) is 13.3. The van der Waals surface area contributed by atoms with Crippen LogP contribution in [0.4, 0.5) is 0 Å². The van der Waals surface area contributed by atoms with Crippen LogP contribution in [0.1, 0.15) is 19.8 Å². The maximum Gasteiger partial charge on any atom is 0.260 e. The molecule has 0 aromatic carbocycles. The molecule has 2 aromatic heterocycles. The SMILES string of the molecule is CCCCn1ccc2ccnc(P(P)PP)c2c1=O. The minimum atomic E-state index is -0.432. The zero-order valence-corrected chi connectivity index (χ0v) is 15.0. The van der Waals surface area contributed by atoms with Gasteiger partial charge in [0.15, 0.2) is 0 Å². The summed E-state index contributed by atoms with van der Waals surface area (Å²) in [6.07, 6.45) is 5.82. The lowest BCUT2D eigenvalue weighted by atomic mass is 10.2. The third-order valence-corrected chi connectivity index (χ3v) is 12.8. The standard InChI is InChI=1S/C12H18N2OP4/c1-2-3-7-14-8-5-9-4-6-13-11(19(17)18-16)10(9)12(14)15/h4-6,8,18H,2-3,7,16-17H2,1H3. The van der Waals surface area contributed by atoms with Crippen molar-refractivity contribution in [2.45, 2.75) is 26.3 Å². The zero-order chi connectivity index (χ0) is 13.8. The fourth-order valence-corrected chi connectivity index (χ4v) is 5.30. The molecule has 0 amide bonds. The molecule has 3 nitrogen and oxygen atoms in total. The van der Waals surface area contributed by atoms with Crippen molar-refractivity contribution >= 4 is 49.3 Å². The van der Waals surface area contributed by atoms with E-state index in [2.05, 4.69) is 29.8 Å². The molecule has 0 fully saturated rings.